The van der Waals surface area contributed by atoms with Crippen LogP contribution in [-0.2, 0) is 9.53 Å². The summed E-state index contributed by atoms with van der Waals surface area (Å²) in [6.07, 6.45) is 0.512. The molecule has 39 heavy (non-hydrogen) atoms. The number of hydrogen-bond donors (Lipinski definition) is 0. The number of hydrogen-bond acceptors (Lipinski definition) is 6. The summed E-state index contributed by atoms with van der Waals surface area (Å²) in [6.45, 7) is 4.82. The molecule has 3 aromatic carbocycles. The maximum Gasteiger partial charge on any atom is 0.266 e. The molecular formula is C30H32ClN3O5. The van der Waals surface area contributed by atoms with E-state index in [9.17, 15) is 9.59 Å². The Balaban J connectivity index is 1.78. The van der Waals surface area contributed by atoms with Crippen LogP contribution in [-0.4, -0.2) is 53.8 Å². The Kier molecular flexibility index (Phi) is 9.57. The number of methoxy groups -OCH3 is 1. The van der Waals surface area contributed by atoms with Gasteiger partial charge in [0.05, 0.1) is 35.8 Å². The third kappa shape index (κ3) is 6.58. The summed E-state index contributed by atoms with van der Waals surface area (Å²) >= 11 is 5.97. The molecule has 0 fully saturated rings. The lowest BCUT2D eigenvalue weighted by molar-refractivity contribution is -0.137. The van der Waals surface area contributed by atoms with Crippen LogP contribution in [0.25, 0.3) is 16.6 Å². The standard InChI is InChI=1S/C30H32ClN3O5/c1-4-27(33(18-19-37-3)28(35)20-39-24-14-10-21(31)11-15-24)29-32-26-9-7-6-8-25(26)30(36)34(29)22-12-16-23(17-13-22)38-5-2/h6-17,27H,4-5,18-20H2,1-3H3. The molecule has 1 aromatic heterocycles. The molecule has 9 heteroatoms. The Morgan fingerprint density at radius 2 is 1.64 bits per heavy atom. The Labute approximate surface area is 232 Å². The first kappa shape index (κ1) is 28.1. The van der Waals surface area contributed by atoms with Crippen molar-refractivity contribution in [2.75, 3.05) is 33.5 Å². The van der Waals surface area contributed by atoms with Gasteiger partial charge in [-0.15, -0.1) is 0 Å². The van der Waals surface area contributed by atoms with Crippen LogP contribution >= 0.6 is 11.6 Å². The number of nitrogens with zero attached hydrogens (tertiary/aromatic N) is 3. The Morgan fingerprint density at radius 3 is 2.31 bits per heavy atom. The predicted octanol–water partition coefficient (Wildman–Crippen LogP) is 5.44. The van der Waals surface area contributed by atoms with Crippen molar-refractivity contribution in [2.24, 2.45) is 0 Å². The van der Waals surface area contributed by atoms with Gasteiger partial charge in [-0.1, -0.05) is 30.7 Å². The van der Waals surface area contributed by atoms with Crippen molar-refractivity contribution in [3.8, 4) is 17.2 Å². The van der Waals surface area contributed by atoms with Crippen LogP contribution in [0.4, 0.5) is 0 Å². The van der Waals surface area contributed by atoms with E-state index in [1.807, 2.05) is 50.2 Å². The van der Waals surface area contributed by atoms with Crippen LogP contribution in [0.2, 0.25) is 5.02 Å². The Morgan fingerprint density at radius 1 is 0.974 bits per heavy atom. The van der Waals surface area contributed by atoms with Crippen LogP contribution in [0.3, 0.4) is 0 Å². The molecule has 0 radical (unpaired) electrons. The average molecular weight is 550 g/mol. The predicted molar refractivity (Wildman–Crippen MR) is 152 cm³/mol. The van der Waals surface area contributed by atoms with E-state index in [0.29, 0.717) is 65.1 Å². The quantitative estimate of drug-likeness (QED) is 0.234. The molecule has 0 N–H and O–H groups in total. The zero-order valence-corrected chi connectivity index (χ0v) is 23.1. The van der Waals surface area contributed by atoms with Gasteiger partial charge in [0.2, 0.25) is 0 Å². The first-order valence-corrected chi connectivity index (χ1v) is 13.3. The zero-order chi connectivity index (χ0) is 27.8. The number of carbonyl (C=O) groups excluding carboxylic acids is 1. The molecule has 1 unspecified atom stereocenters. The molecule has 1 amide bonds. The molecule has 0 aliphatic heterocycles. The van der Waals surface area contributed by atoms with Crippen molar-refractivity contribution >= 4 is 28.4 Å². The number of benzene rings is 3. The van der Waals surface area contributed by atoms with Gasteiger partial charge in [0, 0.05) is 18.7 Å². The van der Waals surface area contributed by atoms with Crippen LogP contribution < -0.4 is 15.0 Å². The first-order valence-electron chi connectivity index (χ1n) is 12.9. The lowest BCUT2D eigenvalue weighted by atomic mass is 10.1. The minimum Gasteiger partial charge on any atom is -0.494 e. The van der Waals surface area contributed by atoms with E-state index in [0.717, 1.165) is 0 Å². The van der Waals surface area contributed by atoms with Crippen molar-refractivity contribution in [2.45, 2.75) is 26.3 Å². The van der Waals surface area contributed by atoms with Gasteiger partial charge in [-0.05, 0) is 74.0 Å². The van der Waals surface area contributed by atoms with E-state index >= 15 is 0 Å². The third-order valence-corrected chi connectivity index (χ3v) is 6.55. The number of fused-ring (bicyclic) bond motifs is 1. The minimum absolute atomic E-state index is 0.192. The third-order valence-electron chi connectivity index (χ3n) is 6.30. The van der Waals surface area contributed by atoms with Crippen LogP contribution in [0.15, 0.2) is 77.6 Å². The second-order valence-electron chi connectivity index (χ2n) is 8.80. The first-order chi connectivity index (χ1) is 19.0. The van der Waals surface area contributed by atoms with Gasteiger partial charge < -0.3 is 19.1 Å². The van der Waals surface area contributed by atoms with E-state index in [4.69, 9.17) is 30.8 Å². The molecule has 1 heterocycles. The SMILES string of the molecule is CCOc1ccc(-n2c(C(CC)N(CCOC)C(=O)COc3ccc(Cl)cc3)nc3ccccc3c2=O)cc1. The summed E-state index contributed by atoms with van der Waals surface area (Å²) in [7, 11) is 1.58. The van der Waals surface area contributed by atoms with Gasteiger partial charge in [-0.2, -0.15) is 0 Å². The maximum absolute atomic E-state index is 13.9. The van der Waals surface area contributed by atoms with Crippen molar-refractivity contribution in [1.82, 2.24) is 14.5 Å². The second-order valence-corrected chi connectivity index (χ2v) is 9.24. The Bertz CT molecular complexity index is 1450. The summed E-state index contributed by atoms with van der Waals surface area (Å²) < 4.78 is 18.3. The average Bonchev–Trinajstić information content (AvgIpc) is 2.95. The van der Waals surface area contributed by atoms with Crippen LogP contribution in [0, 0.1) is 0 Å². The summed E-state index contributed by atoms with van der Waals surface area (Å²) in [5.74, 6) is 1.44. The minimum atomic E-state index is -0.523. The number of ether oxygens (including phenoxy) is 3. The molecule has 8 nitrogen and oxygen atoms in total. The van der Waals surface area contributed by atoms with Gasteiger partial charge in [0.1, 0.15) is 17.3 Å². The number of carbonyl (C=O) groups is 1. The molecule has 0 aliphatic carbocycles. The highest BCUT2D eigenvalue weighted by molar-refractivity contribution is 6.30. The van der Waals surface area contributed by atoms with Gasteiger partial charge in [-0.25, -0.2) is 4.98 Å². The van der Waals surface area contributed by atoms with E-state index < -0.39 is 6.04 Å². The molecule has 0 spiro atoms. The zero-order valence-electron chi connectivity index (χ0n) is 22.3. The molecule has 4 rings (SSSR count). The summed E-state index contributed by atoms with van der Waals surface area (Å²) in [5, 5.41) is 1.07. The normalized spacial score (nSPS) is 11.8. The molecule has 204 valence electrons. The smallest absolute Gasteiger partial charge is 0.266 e. The molecule has 0 bridgehead atoms. The second kappa shape index (κ2) is 13.3. The molecular weight excluding hydrogens is 518 g/mol. The number of rotatable bonds is 12. The molecule has 1 atom stereocenters. The lowest BCUT2D eigenvalue weighted by Crippen LogP contribution is -2.42. The Hall–Kier alpha value is -3.88. The fourth-order valence-electron chi connectivity index (χ4n) is 4.43. The number of halogens is 1. The maximum atomic E-state index is 13.9. The van der Waals surface area contributed by atoms with E-state index in [1.165, 1.54) is 0 Å². The monoisotopic (exact) mass is 549 g/mol. The number of aromatic nitrogens is 2. The number of para-hydroxylation sites is 1. The van der Waals surface area contributed by atoms with E-state index in [1.54, 1.807) is 53.0 Å². The fraction of sp³-hybridized carbons (Fsp3) is 0.300. The molecule has 0 aliphatic rings. The highest BCUT2D eigenvalue weighted by Crippen LogP contribution is 2.27. The topological polar surface area (TPSA) is 82.9 Å². The largest absolute Gasteiger partial charge is 0.494 e. The summed E-state index contributed by atoms with van der Waals surface area (Å²) in [5.41, 5.74) is 0.983. The van der Waals surface area contributed by atoms with Crippen molar-refractivity contribution in [1.29, 1.82) is 0 Å². The van der Waals surface area contributed by atoms with Crippen molar-refractivity contribution < 1.29 is 19.0 Å². The highest BCUT2D eigenvalue weighted by Gasteiger charge is 2.29. The van der Waals surface area contributed by atoms with Crippen LogP contribution in [0.1, 0.15) is 32.1 Å². The highest BCUT2D eigenvalue weighted by atomic mass is 35.5. The fourth-order valence-corrected chi connectivity index (χ4v) is 4.55. The molecule has 4 aromatic rings. The number of amides is 1. The van der Waals surface area contributed by atoms with Gasteiger partial charge in [0.25, 0.3) is 11.5 Å². The van der Waals surface area contributed by atoms with E-state index in [-0.39, 0.29) is 18.1 Å². The molecule has 0 saturated carbocycles. The van der Waals surface area contributed by atoms with E-state index in [2.05, 4.69) is 0 Å². The van der Waals surface area contributed by atoms with Crippen LogP contribution in [0.5, 0.6) is 11.5 Å². The van der Waals surface area contributed by atoms with Crippen molar-refractivity contribution in [3.05, 3.63) is 94.0 Å². The summed E-state index contributed by atoms with van der Waals surface area (Å²) in [4.78, 5) is 34.0. The summed E-state index contributed by atoms with van der Waals surface area (Å²) in [6, 6.07) is 20.8. The van der Waals surface area contributed by atoms with Crippen molar-refractivity contribution in [3.63, 3.8) is 0 Å². The molecule has 0 saturated heterocycles. The lowest BCUT2D eigenvalue weighted by Gasteiger charge is -2.32. The van der Waals surface area contributed by atoms with Gasteiger partial charge >= 0.3 is 0 Å². The van der Waals surface area contributed by atoms with Gasteiger partial charge in [0.15, 0.2) is 6.61 Å². The van der Waals surface area contributed by atoms with Gasteiger partial charge in [-0.3, -0.25) is 14.2 Å².